The number of hydrogen-bond donors (Lipinski definition) is 0. The molecule has 0 spiro atoms. The van der Waals surface area contributed by atoms with Crippen molar-refractivity contribution in [2.45, 2.75) is 13.0 Å². The van der Waals surface area contributed by atoms with Crippen LogP contribution in [0.4, 0.5) is 4.39 Å². The summed E-state index contributed by atoms with van der Waals surface area (Å²) >= 11 is 2.12. The molecule has 2 heterocycles. The molecule has 9 heteroatoms. The lowest BCUT2D eigenvalue weighted by Gasteiger charge is -2.39. The van der Waals surface area contributed by atoms with Gasteiger partial charge in [0.05, 0.1) is 10.1 Å². The van der Waals surface area contributed by atoms with Gasteiger partial charge in [0.2, 0.25) is 0 Å². The Morgan fingerprint density at radius 2 is 1.93 bits per heavy atom. The van der Waals surface area contributed by atoms with Crippen LogP contribution < -0.4 is 0 Å². The van der Waals surface area contributed by atoms with Gasteiger partial charge in [-0.05, 0) is 53.8 Å². The Balaban J connectivity index is 0.00000261. The molecule has 1 aliphatic rings. The minimum Gasteiger partial charge on any atom is -0.332 e. The van der Waals surface area contributed by atoms with Crippen molar-refractivity contribution < 1.29 is 14.0 Å². The second-order valence-electron chi connectivity index (χ2n) is 6.51. The summed E-state index contributed by atoms with van der Waals surface area (Å²) in [7, 11) is 1.79. The third-order valence-electron chi connectivity index (χ3n) is 4.49. The fourth-order valence-corrected chi connectivity index (χ4v) is 3.89. The zero-order valence-electron chi connectivity index (χ0n) is 15.1. The van der Waals surface area contributed by atoms with Crippen molar-refractivity contribution in [1.82, 2.24) is 19.6 Å². The number of benzene rings is 1. The van der Waals surface area contributed by atoms with Gasteiger partial charge >= 0.3 is 0 Å². The van der Waals surface area contributed by atoms with Crippen LogP contribution in [0.2, 0.25) is 0 Å². The van der Waals surface area contributed by atoms with E-state index in [0.717, 1.165) is 3.57 Å². The minimum atomic E-state index is -0.355. The first kappa shape index (κ1) is 21.8. The molecule has 27 heavy (non-hydrogen) atoms. The molecule has 0 radical (unpaired) electrons. The Hall–Kier alpha value is -1.52. The van der Waals surface area contributed by atoms with Gasteiger partial charge in [0.15, 0.2) is 11.5 Å². The molecule has 1 unspecified atom stereocenters. The molecule has 146 valence electrons. The van der Waals surface area contributed by atoms with Crippen LogP contribution in [0.25, 0.3) is 0 Å². The number of ketones is 1. The van der Waals surface area contributed by atoms with E-state index < -0.39 is 0 Å². The highest BCUT2D eigenvalue weighted by atomic mass is 127. The summed E-state index contributed by atoms with van der Waals surface area (Å²) in [6.07, 6.45) is 1.82. The summed E-state index contributed by atoms with van der Waals surface area (Å²) < 4.78 is 15.4. The van der Waals surface area contributed by atoms with Crippen LogP contribution in [-0.4, -0.2) is 63.5 Å². The lowest BCUT2D eigenvalue weighted by molar-refractivity contribution is 0.0476. The van der Waals surface area contributed by atoms with Crippen molar-refractivity contribution >= 4 is 46.7 Å². The average molecular weight is 507 g/mol. The Bertz CT molecular complexity index is 827. The first-order valence-electron chi connectivity index (χ1n) is 8.36. The number of amides is 1. The predicted molar refractivity (Wildman–Crippen MR) is 111 cm³/mol. The van der Waals surface area contributed by atoms with Crippen molar-refractivity contribution in [3.63, 3.8) is 0 Å². The van der Waals surface area contributed by atoms with Gasteiger partial charge < -0.3 is 4.90 Å². The molecular weight excluding hydrogens is 486 g/mol. The molecule has 1 aliphatic heterocycles. The van der Waals surface area contributed by atoms with Gasteiger partial charge in [-0.25, -0.2) is 4.39 Å². The van der Waals surface area contributed by atoms with E-state index >= 15 is 0 Å². The number of carbonyl (C=O) groups excluding carboxylic acids is 2. The lowest BCUT2D eigenvalue weighted by atomic mass is 10.1. The quantitative estimate of drug-likeness (QED) is 0.473. The van der Waals surface area contributed by atoms with Gasteiger partial charge in [0.1, 0.15) is 5.82 Å². The highest BCUT2D eigenvalue weighted by Gasteiger charge is 2.31. The van der Waals surface area contributed by atoms with E-state index in [1.165, 1.54) is 24.3 Å². The van der Waals surface area contributed by atoms with Gasteiger partial charge in [0, 0.05) is 44.5 Å². The number of rotatable bonds is 4. The average Bonchev–Trinajstić information content (AvgIpc) is 2.93. The third kappa shape index (κ3) is 5.05. The number of aromatic nitrogens is 2. The van der Waals surface area contributed by atoms with Crippen molar-refractivity contribution in [2.75, 3.05) is 26.2 Å². The normalized spacial score (nSPS) is 17.5. The van der Waals surface area contributed by atoms with Gasteiger partial charge in [0.25, 0.3) is 5.91 Å². The van der Waals surface area contributed by atoms with Gasteiger partial charge in [-0.15, -0.1) is 12.4 Å². The van der Waals surface area contributed by atoms with Crippen molar-refractivity contribution in [2.24, 2.45) is 7.05 Å². The number of piperazine rings is 1. The SMILES string of the molecule is CC1CN(CC(=O)c2ccc(F)cc2)CCN1C(=O)c1nn(C)cc1I.Cl. The van der Waals surface area contributed by atoms with E-state index in [1.54, 1.807) is 11.7 Å². The Morgan fingerprint density at radius 3 is 2.48 bits per heavy atom. The number of halogens is 3. The summed E-state index contributed by atoms with van der Waals surface area (Å²) in [6, 6.07) is 5.57. The van der Waals surface area contributed by atoms with Crippen LogP contribution in [-0.2, 0) is 7.05 Å². The predicted octanol–water partition coefficient (Wildman–Crippen LogP) is 2.61. The first-order valence-corrected chi connectivity index (χ1v) is 9.44. The highest BCUT2D eigenvalue weighted by molar-refractivity contribution is 14.1. The lowest BCUT2D eigenvalue weighted by Crippen LogP contribution is -2.55. The number of carbonyl (C=O) groups is 2. The molecule has 1 amide bonds. The second kappa shape index (κ2) is 9.11. The van der Waals surface area contributed by atoms with Crippen molar-refractivity contribution in [3.05, 3.63) is 51.1 Å². The molecule has 3 rings (SSSR count). The molecule has 1 fully saturated rings. The maximum atomic E-state index is 13.0. The monoisotopic (exact) mass is 506 g/mol. The fourth-order valence-electron chi connectivity index (χ4n) is 3.15. The topological polar surface area (TPSA) is 58.4 Å². The maximum Gasteiger partial charge on any atom is 0.275 e. The molecule has 1 atom stereocenters. The van der Waals surface area contributed by atoms with E-state index in [0.29, 0.717) is 30.9 Å². The Labute approximate surface area is 177 Å². The summed E-state index contributed by atoms with van der Waals surface area (Å²) in [5.41, 5.74) is 0.969. The molecule has 2 aromatic rings. The number of nitrogens with zero attached hydrogens (tertiary/aromatic N) is 4. The largest absolute Gasteiger partial charge is 0.332 e. The van der Waals surface area contributed by atoms with Gasteiger partial charge in [-0.3, -0.25) is 19.2 Å². The van der Waals surface area contributed by atoms with Crippen LogP contribution in [0.5, 0.6) is 0 Å². The molecule has 6 nitrogen and oxygen atoms in total. The van der Waals surface area contributed by atoms with E-state index in [9.17, 15) is 14.0 Å². The zero-order chi connectivity index (χ0) is 18.8. The Kier molecular flexibility index (Phi) is 7.35. The molecule has 1 saturated heterocycles. The van der Waals surface area contributed by atoms with Crippen LogP contribution >= 0.6 is 35.0 Å². The summed E-state index contributed by atoms with van der Waals surface area (Å²) in [6.45, 7) is 4.01. The summed E-state index contributed by atoms with van der Waals surface area (Å²) in [4.78, 5) is 28.9. The van der Waals surface area contributed by atoms with E-state index in [4.69, 9.17) is 0 Å². The Morgan fingerprint density at radius 1 is 1.26 bits per heavy atom. The smallest absolute Gasteiger partial charge is 0.275 e. The van der Waals surface area contributed by atoms with Crippen LogP contribution in [0.15, 0.2) is 30.5 Å². The van der Waals surface area contributed by atoms with Crippen molar-refractivity contribution in [3.8, 4) is 0 Å². The molecule has 1 aromatic carbocycles. The van der Waals surface area contributed by atoms with Gasteiger partial charge in [-0.1, -0.05) is 0 Å². The standard InChI is InChI=1S/C18H20FIN4O2.ClH/c1-12-9-23(11-16(25)13-3-5-14(19)6-4-13)7-8-24(12)18(26)17-15(20)10-22(2)21-17;/h3-6,10,12H,7-9,11H2,1-2H3;1H. The molecular formula is C18H21ClFIN4O2. The molecule has 0 N–H and O–H groups in total. The maximum absolute atomic E-state index is 13.0. The number of Topliss-reactive ketones (excluding diaryl/α,β-unsaturated/α-hetero) is 1. The first-order chi connectivity index (χ1) is 12.3. The molecule has 0 bridgehead atoms. The van der Waals surface area contributed by atoms with E-state index in [2.05, 4.69) is 27.7 Å². The van der Waals surface area contributed by atoms with Crippen LogP contribution in [0, 0.1) is 9.39 Å². The third-order valence-corrected chi connectivity index (χ3v) is 5.28. The van der Waals surface area contributed by atoms with Crippen LogP contribution in [0.1, 0.15) is 27.8 Å². The molecule has 0 saturated carbocycles. The minimum absolute atomic E-state index is 0. The summed E-state index contributed by atoms with van der Waals surface area (Å²) in [5, 5.41) is 4.25. The fraction of sp³-hybridized carbons (Fsp3) is 0.389. The zero-order valence-corrected chi connectivity index (χ0v) is 18.0. The highest BCUT2D eigenvalue weighted by Crippen LogP contribution is 2.17. The second-order valence-corrected chi connectivity index (χ2v) is 7.67. The van der Waals surface area contributed by atoms with Crippen LogP contribution in [0.3, 0.4) is 0 Å². The number of hydrogen-bond acceptors (Lipinski definition) is 4. The molecule has 1 aromatic heterocycles. The number of aryl methyl sites for hydroxylation is 1. The summed E-state index contributed by atoms with van der Waals surface area (Å²) in [5.74, 6) is -0.477. The van der Waals surface area contributed by atoms with E-state index in [-0.39, 0.29) is 42.5 Å². The van der Waals surface area contributed by atoms with Gasteiger partial charge in [-0.2, -0.15) is 5.10 Å². The van der Waals surface area contributed by atoms with Crippen molar-refractivity contribution in [1.29, 1.82) is 0 Å². The molecule has 0 aliphatic carbocycles. The van der Waals surface area contributed by atoms with E-state index in [1.807, 2.05) is 22.9 Å².